The first-order valence-corrected chi connectivity index (χ1v) is 10.4. The summed E-state index contributed by atoms with van der Waals surface area (Å²) in [5, 5.41) is 9.03. The maximum atomic E-state index is 12.8. The van der Waals surface area contributed by atoms with Crippen LogP contribution >= 0.6 is 0 Å². The average Bonchev–Trinajstić information content (AvgIpc) is 2.74. The molecule has 3 rings (SSSR count). The number of sulfonamides is 1. The summed E-state index contributed by atoms with van der Waals surface area (Å²) < 4.78 is 43.6. The number of rotatable bonds is 7. The van der Waals surface area contributed by atoms with Crippen LogP contribution in [0.25, 0.3) is 0 Å². The van der Waals surface area contributed by atoms with Crippen LogP contribution in [-0.2, 0) is 21.4 Å². The van der Waals surface area contributed by atoms with Crippen LogP contribution < -0.4 is 9.47 Å². The summed E-state index contributed by atoms with van der Waals surface area (Å²) >= 11 is 0. The molecule has 0 N–H and O–H groups in total. The van der Waals surface area contributed by atoms with Crippen molar-refractivity contribution in [1.82, 2.24) is 4.31 Å². The maximum Gasteiger partial charge on any atom is 0.243 e. The van der Waals surface area contributed by atoms with E-state index in [4.69, 9.17) is 19.5 Å². The number of nitrogens with zero attached hydrogens (tertiary/aromatic N) is 2. The van der Waals surface area contributed by atoms with Crippen molar-refractivity contribution in [3.63, 3.8) is 0 Å². The lowest BCUT2D eigenvalue weighted by molar-refractivity contribution is 0.0730. The van der Waals surface area contributed by atoms with E-state index in [1.165, 1.54) is 4.31 Å². The topological polar surface area (TPSA) is 88.9 Å². The monoisotopic (exact) mass is 402 g/mol. The fourth-order valence-corrected chi connectivity index (χ4v) is 4.34. The van der Waals surface area contributed by atoms with Gasteiger partial charge in [0.05, 0.1) is 36.3 Å². The van der Waals surface area contributed by atoms with Crippen molar-refractivity contribution in [2.24, 2.45) is 0 Å². The number of hydrogen-bond acceptors (Lipinski definition) is 6. The molecule has 28 heavy (non-hydrogen) atoms. The van der Waals surface area contributed by atoms with E-state index in [1.807, 2.05) is 13.0 Å². The first-order chi connectivity index (χ1) is 13.5. The third kappa shape index (κ3) is 4.62. The predicted molar refractivity (Wildman–Crippen MR) is 103 cm³/mol. The van der Waals surface area contributed by atoms with E-state index in [-0.39, 0.29) is 11.5 Å². The van der Waals surface area contributed by atoms with Gasteiger partial charge in [-0.2, -0.15) is 9.57 Å². The van der Waals surface area contributed by atoms with E-state index in [0.717, 1.165) is 5.56 Å². The Kier molecular flexibility index (Phi) is 6.52. The molecule has 0 radical (unpaired) electrons. The molecular formula is C20H22N2O5S. The highest BCUT2D eigenvalue weighted by atomic mass is 32.2. The number of hydrogen-bond donors (Lipinski definition) is 0. The zero-order valence-electron chi connectivity index (χ0n) is 15.6. The lowest BCUT2D eigenvalue weighted by Gasteiger charge is -2.26. The van der Waals surface area contributed by atoms with Gasteiger partial charge >= 0.3 is 0 Å². The molecule has 0 atom stereocenters. The van der Waals surface area contributed by atoms with E-state index < -0.39 is 10.0 Å². The molecule has 0 bridgehead atoms. The van der Waals surface area contributed by atoms with Gasteiger partial charge in [0.25, 0.3) is 0 Å². The quantitative estimate of drug-likeness (QED) is 0.707. The van der Waals surface area contributed by atoms with Gasteiger partial charge in [-0.15, -0.1) is 0 Å². The van der Waals surface area contributed by atoms with E-state index in [0.29, 0.717) is 50.0 Å². The van der Waals surface area contributed by atoms with Gasteiger partial charge in [-0.1, -0.05) is 12.1 Å². The largest absolute Gasteiger partial charge is 0.490 e. The molecule has 2 aromatic carbocycles. The fourth-order valence-electron chi connectivity index (χ4n) is 2.86. The summed E-state index contributed by atoms with van der Waals surface area (Å²) in [5.41, 5.74) is 1.20. The first kappa shape index (κ1) is 20.1. The minimum Gasteiger partial charge on any atom is -0.490 e. The highest BCUT2D eigenvalue weighted by molar-refractivity contribution is 7.89. The molecule has 0 spiro atoms. The Bertz CT molecular complexity index is 963. The SMILES string of the molecule is CCOc1cc(C#N)ccc1OCc1cccc(S(=O)(=O)N2CCOCC2)c1. The average molecular weight is 402 g/mol. The molecule has 1 aliphatic rings. The molecular weight excluding hydrogens is 380 g/mol. The van der Waals surface area contributed by atoms with Crippen molar-refractivity contribution in [3.05, 3.63) is 53.6 Å². The smallest absolute Gasteiger partial charge is 0.243 e. The van der Waals surface area contributed by atoms with Crippen LogP contribution in [0.15, 0.2) is 47.4 Å². The summed E-state index contributed by atoms with van der Waals surface area (Å²) in [6, 6.07) is 13.7. The van der Waals surface area contributed by atoms with Crippen molar-refractivity contribution in [3.8, 4) is 17.6 Å². The number of nitriles is 1. The standard InChI is InChI=1S/C20H22N2O5S/c1-2-26-20-13-16(14-21)6-7-19(20)27-15-17-4-3-5-18(12-17)28(23,24)22-8-10-25-11-9-22/h3-7,12-13H,2,8-11,15H2,1H3. The Morgan fingerprint density at radius 3 is 2.61 bits per heavy atom. The first-order valence-electron chi connectivity index (χ1n) is 9.01. The molecule has 1 fully saturated rings. The lowest BCUT2D eigenvalue weighted by Crippen LogP contribution is -2.40. The molecule has 0 aromatic heterocycles. The highest BCUT2D eigenvalue weighted by Crippen LogP contribution is 2.29. The summed E-state index contributed by atoms with van der Waals surface area (Å²) in [4.78, 5) is 0.236. The van der Waals surface area contributed by atoms with Crippen molar-refractivity contribution in [2.45, 2.75) is 18.4 Å². The second kappa shape index (κ2) is 9.06. The Hall–Kier alpha value is -2.60. The molecule has 1 saturated heterocycles. The maximum absolute atomic E-state index is 12.8. The third-order valence-electron chi connectivity index (χ3n) is 4.27. The van der Waals surface area contributed by atoms with Gasteiger partial charge < -0.3 is 14.2 Å². The van der Waals surface area contributed by atoms with Gasteiger partial charge in [0.2, 0.25) is 10.0 Å². The van der Waals surface area contributed by atoms with Crippen LogP contribution in [0, 0.1) is 11.3 Å². The van der Waals surface area contributed by atoms with Crippen LogP contribution in [-0.4, -0.2) is 45.6 Å². The summed E-state index contributed by atoms with van der Waals surface area (Å²) in [5.74, 6) is 0.987. The summed E-state index contributed by atoms with van der Waals surface area (Å²) in [6.07, 6.45) is 0. The van der Waals surface area contributed by atoms with E-state index in [2.05, 4.69) is 6.07 Å². The Morgan fingerprint density at radius 1 is 1.11 bits per heavy atom. The second-order valence-corrected chi connectivity index (χ2v) is 8.10. The van der Waals surface area contributed by atoms with Crippen LogP contribution in [0.3, 0.4) is 0 Å². The van der Waals surface area contributed by atoms with Crippen molar-refractivity contribution in [1.29, 1.82) is 5.26 Å². The van der Waals surface area contributed by atoms with Crippen molar-refractivity contribution >= 4 is 10.0 Å². The molecule has 0 saturated carbocycles. The zero-order valence-corrected chi connectivity index (χ0v) is 16.4. The van der Waals surface area contributed by atoms with Gasteiger partial charge in [-0.3, -0.25) is 0 Å². The normalized spacial score (nSPS) is 15.0. The minimum atomic E-state index is -3.56. The molecule has 0 aliphatic carbocycles. The van der Waals surface area contributed by atoms with Crippen LogP contribution in [0.2, 0.25) is 0 Å². The molecule has 0 unspecified atom stereocenters. The predicted octanol–water partition coefficient (Wildman–Crippen LogP) is 2.56. The van der Waals surface area contributed by atoms with Crippen molar-refractivity contribution < 1.29 is 22.6 Å². The number of ether oxygens (including phenoxy) is 3. The number of morpholine rings is 1. The molecule has 2 aromatic rings. The summed E-state index contributed by atoms with van der Waals surface area (Å²) in [6.45, 7) is 3.99. The third-order valence-corrected chi connectivity index (χ3v) is 6.17. The lowest BCUT2D eigenvalue weighted by atomic mass is 10.2. The van der Waals surface area contributed by atoms with Crippen molar-refractivity contribution in [2.75, 3.05) is 32.9 Å². The molecule has 0 amide bonds. The Balaban J connectivity index is 1.76. The van der Waals surface area contributed by atoms with Gasteiger partial charge in [0, 0.05) is 19.2 Å². The van der Waals surface area contributed by atoms with E-state index in [9.17, 15) is 8.42 Å². The molecule has 1 heterocycles. The molecule has 8 heteroatoms. The molecule has 148 valence electrons. The van der Waals surface area contributed by atoms with Crippen LogP contribution in [0.4, 0.5) is 0 Å². The van der Waals surface area contributed by atoms with E-state index >= 15 is 0 Å². The van der Waals surface area contributed by atoms with Crippen LogP contribution in [0.1, 0.15) is 18.1 Å². The molecule has 7 nitrogen and oxygen atoms in total. The van der Waals surface area contributed by atoms with Gasteiger partial charge in [0.1, 0.15) is 6.61 Å². The van der Waals surface area contributed by atoms with Gasteiger partial charge in [0.15, 0.2) is 11.5 Å². The van der Waals surface area contributed by atoms with Crippen LogP contribution in [0.5, 0.6) is 11.5 Å². The highest BCUT2D eigenvalue weighted by Gasteiger charge is 2.26. The fraction of sp³-hybridized carbons (Fsp3) is 0.350. The Labute approximate surface area is 165 Å². The molecule has 1 aliphatic heterocycles. The Morgan fingerprint density at radius 2 is 1.89 bits per heavy atom. The van der Waals surface area contributed by atoms with E-state index in [1.54, 1.807) is 36.4 Å². The number of benzene rings is 2. The zero-order chi connectivity index (χ0) is 20.0. The van der Waals surface area contributed by atoms with Gasteiger partial charge in [-0.05, 0) is 36.8 Å². The summed E-state index contributed by atoms with van der Waals surface area (Å²) in [7, 11) is -3.56. The van der Waals surface area contributed by atoms with Gasteiger partial charge in [-0.25, -0.2) is 8.42 Å². The second-order valence-electron chi connectivity index (χ2n) is 6.16. The minimum absolute atomic E-state index is 0.179.